The first-order valence-electron chi connectivity index (χ1n) is 6.32. The van der Waals surface area contributed by atoms with E-state index in [1.54, 1.807) is 12.1 Å². The Morgan fingerprint density at radius 3 is 2.15 bits per heavy atom. The number of rotatable bonds is 7. The lowest BCUT2D eigenvalue weighted by atomic mass is 10.1. The fourth-order valence-corrected chi connectivity index (χ4v) is 1.75. The number of benzene rings is 1. The molecule has 0 unspecified atom stereocenters. The van der Waals surface area contributed by atoms with Gasteiger partial charge < -0.3 is 24.6 Å². The van der Waals surface area contributed by atoms with Crippen molar-refractivity contribution in [1.82, 2.24) is 5.32 Å². The van der Waals surface area contributed by atoms with E-state index >= 15 is 0 Å². The second-order valence-corrected chi connectivity index (χ2v) is 4.17. The molecule has 1 aromatic rings. The predicted molar refractivity (Wildman–Crippen MR) is 74.7 cm³/mol. The molecule has 0 spiro atoms. The van der Waals surface area contributed by atoms with Gasteiger partial charge in [0.25, 0.3) is 5.91 Å². The Kier molecular flexibility index (Phi) is 6.11. The summed E-state index contributed by atoms with van der Waals surface area (Å²) < 4.78 is 15.5. The van der Waals surface area contributed by atoms with Gasteiger partial charge in [0, 0.05) is 12.1 Å². The van der Waals surface area contributed by atoms with E-state index in [0.717, 1.165) is 0 Å². The van der Waals surface area contributed by atoms with Crippen LogP contribution in [0.15, 0.2) is 12.1 Å². The number of nitrogens with one attached hydrogen (secondary N) is 1. The summed E-state index contributed by atoms with van der Waals surface area (Å²) in [6.07, 6.45) is 0.637. The average Bonchev–Trinajstić information content (AvgIpc) is 2.50. The van der Waals surface area contributed by atoms with Crippen LogP contribution in [0.5, 0.6) is 17.2 Å². The Balaban J connectivity index is 3.12. The molecule has 20 heavy (non-hydrogen) atoms. The quantitative estimate of drug-likeness (QED) is 0.786. The van der Waals surface area contributed by atoms with E-state index in [1.165, 1.54) is 21.3 Å². The minimum Gasteiger partial charge on any atom is -0.496 e. The van der Waals surface area contributed by atoms with Gasteiger partial charge in [0.1, 0.15) is 5.75 Å². The van der Waals surface area contributed by atoms with Gasteiger partial charge in [0.15, 0.2) is 11.5 Å². The van der Waals surface area contributed by atoms with Crippen LogP contribution in [0.3, 0.4) is 0 Å². The van der Waals surface area contributed by atoms with Gasteiger partial charge in [-0.3, -0.25) is 4.79 Å². The third kappa shape index (κ3) is 3.54. The van der Waals surface area contributed by atoms with Gasteiger partial charge in [-0.05, 0) is 6.42 Å². The molecule has 0 aliphatic carbocycles. The minimum absolute atomic E-state index is 0.113. The Morgan fingerprint density at radius 2 is 1.70 bits per heavy atom. The van der Waals surface area contributed by atoms with Crippen LogP contribution in [0.1, 0.15) is 23.7 Å². The normalized spacial score (nSPS) is 11.7. The highest BCUT2D eigenvalue weighted by Crippen LogP contribution is 2.34. The summed E-state index contributed by atoms with van der Waals surface area (Å²) in [6, 6.07) is 2.85. The van der Waals surface area contributed by atoms with Crippen molar-refractivity contribution in [2.24, 2.45) is 0 Å². The van der Waals surface area contributed by atoms with Crippen molar-refractivity contribution in [2.75, 3.05) is 27.9 Å². The van der Waals surface area contributed by atoms with Gasteiger partial charge in [-0.25, -0.2) is 0 Å². The van der Waals surface area contributed by atoms with E-state index in [9.17, 15) is 4.79 Å². The van der Waals surface area contributed by atoms with Crippen molar-refractivity contribution in [3.05, 3.63) is 17.7 Å². The third-order valence-electron chi connectivity index (χ3n) is 3.00. The molecule has 6 nitrogen and oxygen atoms in total. The largest absolute Gasteiger partial charge is 0.496 e. The number of hydrogen-bond donors (Lipinski definition) is 2. The van der Waals surface area contributed by atoms with Crippen LogP contribution < -0.4 is 19.5 Å². The molecule has 0 aliphatic heterocycles. The molecule has 0 aliphatic rings. The molecule has 1 atom stereocenters. The summed E-state index contributed by atoms with van der Waals surface area (Å²) in [5, 5.41) is 11.9. The van der Waals surface area contributed by atoms with Crippen LogP contribution in [0.2, 0.25) is 0 Å². The summed E-state index contributed by atoms with van der Waals surface area (Å²) in [5.74, 6) is 0.974. The van der Waals surface area contributed by atoms with Gasteiger partial charge in [-0.1, -0.05) is 6.92 Å². The van der Waals surface area contributed by atoms with E-state index in [0.29, 0.717) is 29.2 Å². The number of amides is 1. The molecule has 6 heteroatoms. The molecule has 0 fully saturated rings. The highest BCUT2D eigenvalue weighted by molar-refractivity contribution is 5.98. The monoisotopic (exact) mass is 283 g/mol. The smallest absolute Gasteiger partial charge is 0.255 e. The van der Waals surface area contributed by atoms with Gasteiger partial charge in [0.05, 0.1) is 39.5 Å². The molecule has 0 radical (unpaired) electrons. The Bertz CT molecular complexity index is 457. The van der Waals surface area contributed by atoms with Crippen LogP contribution in [0.25, 0.3) is 0 Å². The van der Waals surface area contributed by atoms with Gasteiger partial charge in [0.2, 0.25) is 0 Å². The molecule has 0 heterocycles. The third-order valence-corrected chi connectivity index (χ3v) is 3.00. The molecule has 1 amide bonds. The van der Waals surface area contributed by atoms with E-state index in [2.05, 4.69) is 5.32 Å². The standard InChI is InChI=1S/C14H21NO5/c1-5-9(8-16)15-14(17)10-6-12(19-3)13(20-4)7-11(10)18-2/h6-7,9,16H,5,8H2,1-4H3,(H,15,17)/t9-/m0/s1. The number of aliphatic hydroxyl groups excluding tert-OH is 1. The second kappa shape index (κ2) is 7.59. The zero-order valence-electron chi connectivity index (χ0n) is 12.2. The van der Waals surface area contributed by atoms with Crippen molar-refractivity contribution < 1.29 is 24.1 Å². The summed E-state index contributed by atoms with van der Waals surface area (Å²) in [6.45, 7) is 1.77. The number of methoxy groups -OCH3 is 3. The highest BCUT2D eigenvalue weighted by atomic mass is 16.5. The molecule has 1 rings (SSSR count). The Labute approximate surface area is 118 Å². The predicted octanol–water partition coefficient (Wildman–Crippen LogP) is 1.21. The van der Waals surface area contributed by atoms with Crippen molar-refractivity contribution >= 4 is 5.91 Å². The van der Waals surface area contributed by atoms with Gasteiger partial charge >= 0.3 is 0 Å². The number of carbonyl (C=O) groups excluding carboxylic acids is 1. The first-order valence-corrected chi connectivity index (χ1v) is 6.32. The number of ether oxygens (including phenoxy) is 3. The lowest BCUT2D eigenvalue weighted by Gasteiger charge is -2.17. The Hall–Kier alpha value is -1.95. The van der Waals surface area contributed by atoms with Crippen molar-refractivity contribution in [3.8, 4) is 17.2 Å². The van der Waals surface area contributed by atoms with E-state index in [4.69, 9.17) is 19.3 Å². The molecule has 0 saturated carbocycles. The maximum atomic E-state index is 12.2. The van der Waals surface area contributed by atoms with Gasteiger partial charge in [-0.2, -0.15) is 0 Å². The lowest BCUT2D eigenvalue weighted by molar-refractivity contribution is 0.0911. The maximum absolute atomic E-state index is 12.2. The van der Waals surface area contributed by atoms with Crippen molar-refractivity contribution in [1.29, 1.82) is 0 Å². The van der Waals surface area contributed by atoms with E-state index in [1.807, 2.05) is 6.92 Å². The fourth-order valence-electron chi connectivity index (χ4n) is 1.75. The first kappa shape index (κ1) is 16.1. The molecule has 0 aromatic heterocycles. The topological polar surface area (TPSA) is 77.0 Å². The lowest BCUT2D eigenvalue weighted by Crippen LogP contribution is -2.37. The molecule has 0 saturated heterocycles. The molecular weight excluding hydrogens is 262 g/mol. The van der Waals surface area contributed by atoms with E-state index in [-0.39, 0.29) is 18.6 Å². The summed E-state index contributed by atoms with van der Waals surface area (Å²) >= 11 is 0. The SMILES string of the molecule is CC[C@@H](CO)NC(=O)c1cc(OC)c(OC)cc1OC. The summed E-state index contributed by atoms with van der Waals surface area (Å²) in [7, 11) is 4.48. The van der Waals surface area contributed by atoms with Crippen LogP contribution in [-0.2, 0) is 0 Å². The molecule has 0 bridgehead atoms. The Morgan fingerprint density at radius 1 is 1.15 bits per heavy atom. The number of carbonyl (C=O) groups is 1. The zero-order chi connectivity index (χ0) is 15.1. The van der Waals surface area contributed by atoms with E-state index < -0.39 is 0 Å². The number of hydrogen-bond acceptors (Lipinski definition) is 5. The fraction of sp³-hybridized carbons (Fsp3) is 0.500. The van der Waals surface area contributed by atoms with Crippen molar-refractivity contribution in [2.45, 2.75) is 19.4 Å². The van der Waals surface area contributed by atoms with Gasteiger partial charge in [-0.15, -0.1) is 0 Å². The summed E-state index contributed by atoms with van der Waals surface area (Å²) in [5.41, 5.74) is 0.331. The molecule has 1 aromatic carbocycles. The highest BCUT2D eigenvalue weighted by Gasteiger charge is 2.19. The maximum Gasteiger partial charge on any atom is 0.255 e. The van der Waals surface area contributed by atoms with Crippen LogP contribution in [0.4, 0.5) is 0 Å². The van der Waals surface area contributed by atoms with Crippen LogP contribution in [-0.4, -0.2) is 45.0 Å². The number of aliphatic hydroxyl groups is 1. The zero-order valence-corrected chi connectivity index (χ0v) is 12.2. The van der Waals surface area contributed by atoms with Crippen LogP contribution in [0, 0.1) is 0 Å². The van der Waals surface area contributed by atoms with Crippen molar-refractivity contribution in [3.63, 3.8) is 0 Å². The molecule has 2 N–H and O–H groups in total. The van der Waals surface area contributed by atoms with Crippen LogP contribution >= 0.6 is 0 Å². The molecular formula is C14H21NO5. The second-order valence-electron chi connectivity index (χ2n) is 4.17. The minimum atomic E-state index is -0.330. The molecule has 112 valence electrons. The average molecular weight is 283 g/mol. The first-order chi connectivity index (χ1) is 9.60. The summed E-state index contributed by atoms with van der Waals surface area (Å²) in [4.78, 5) is 12.2.